The Bertz CT molecular complexity index is 496. The van der Waals surface area contributed by atoms with E-state index in [1.54, 1.807) is 26.0 Å². The van der Waals surface area contributed by atoms with Crippen molar-refractivity contribution in [3.8, 4) is 0 Å². The molecule has 0 radical (unpaired) electrons. The third-order valence-corrected chi connectivity index (χ3v) is 5.05. The van der Waals surface area contributed by atoms with Crippen molar-refractivity contribution in [3.63, 3.8) is 0 Å². The number of rotatable bonds is 4. The lowest BCUT2D eigenvalue weighted by atomic mass is 9.99. The number of aromatic nitrogens is 1. The van der Waals surface area contributed by atoms with Crippen molar-refractivity contribution in [2.75, 3.05) is 13.4 Å². The molecule has 5 nitrogen and oxygen atoms in total. The molecule has 0 spiro atoms. The van der Waals surface area contributed by atoms with Gasteiger partial charge in [0.1, 0.15) is 6.10 Å². The van der Waals surface area contributed by atoms with Crippen LogP contribution in [-0.2, 0) is 14.6 Å². The molecule has 0 aliphatic carbocycles. The molecule has 1 aromatic rings. The molecule has 1 unspecified atom stereocenters. The fourth-order valence-electron chi connectivity index (χ4n) is 1.64. The van der Waals surface area contributed by atoms with Crippen molar-refractivity contribution in [2.45, 2.75) is 24.7 Å². The van der Waals surface area contributed by atoms with E-state index in [9.17, 15) is 13.6 Å². The monoisotopic (exact) mass is 259 g/mol. The van der Waals surface area contributed by atoms with E-state index in [4.69, 9.17) is 4.74 Å². The van der Waals surface area contributed by atoms with E-state index in [-0.39, 0.29) is 0 Å². The van der Waals surface area contributed by atoms with E-state index in [1.165, 1.54) is 19.5 Å². The van der Waals surface area contributed by atoms with Crippen molar-refractivity contribution in [1.29, 1.82) is 0 Å². The molecule has 1 heterocycles. The molecule has 0 aromatic carbocycles. The molecule has 17 heavy (non-hydrogen) atoms. The molecule has 1 atom stereocenters. The molecule has 0 N–H and O–H groups in total. The standard InChI is InChI=1S/C11H17NO4S/c1-11(2,17(4,14)15)10(16-3)9-6-5-7-12(13)8-9/h5-8,10H,1-4H3. The predicted molar refractivity (Wildman–Crippen MR) is 64.1 cm³/mol. The molecule has 1 aromatic heterocycles. The summed E-state index contributed by atoms with van der Waals surface area (Å²) in [6.07, 6.45) is 3.14. The Labute approximate surface area is 102 Å². The molecular formula is C11H17NO4S. The highest BCUT2D eigenvalue weighted by atomic mass is 32.2. The number of ether oxygens (including phenoxy) is 1. The van der Waals surface area contributed by atoms with E-state index in [0.29, 0.717) is 10.3 Å². The first-order valence-electron chi connectivity index (χ1n) is 5.11. The minimum atomic E-state index is -3.31. The summed E-state index contributed by atoms with van der Waals surface area (Å²) in [5.41, 5.74) is 0.542. The van der Waals surface area contributed by atoms with Crippen LogP contribution in [0.3, 0.4) is 0 Å². The second kappa shape index (κ2) is 4.62. The Morgan fingerprint density at radius 3 is 2.47 bits per heavy atom. The van der Waals surface area contributed by atoms with E-state index in [2.05, 4.69) is 0 Å². The van der Waals surface area contributed by atoms with Crippen molar-refractivity contribution in [1.82, 2.24) is 0 Å². The summed E-state index contributed by atoms with van der Waals surface area (Å²) < 4.78 is 28.3. The number of sulfone groups is 1. The minimum absolute atomic E-state index is 0.542. The van der Waals surface area contributed by atoms with Gasteiger partial charge in [-0.05, 0) is 19.9 Å². The smallest absolute Gasteiger partial charge is 0.186 e. The molecule has 6 heteroatoms. The lowest BCUT2D eigenvalue weighted by Gasteiger charge is -2.31. The number of methoxy groups -OCH3 is 1. The van der Waals surface area contributed by atoms with Gasteiger partial charge in [0.25, 0.3) is 0 Å². The van der Waals surface area contributed by atoms with Gasteiger partial charge in [0, 0.05) is 25.0 Å². The number of pyridine rings is 1. The summed E-state index contributed by atoms with van der Waals surface area (Å²) in [5, 5.41) is 11.2. The maximum atomic E-state index is 11.7. The zero-order valence-corrected chi connectivity index (χ0v) is 11.2. The van der Waals surface area contributed by atoms with E-state index in [1.807, 2.05) is 0 Å². The summed E-state index contributed by atoms with van der Waals surface area (Å²) in [4.78, 5) is 0. The van der Waals surface area contributed by atoms with E-state index < -0.39 is 20.7 Å². The van der Waals surface area contributed by atoms with Crippen molar-refractivity contribution in [3.05, 3.63) is 35.3 Å². The molecule has 0 fully saturated rings. The maximum Gasteiger partial charge on any atom is 0.186 e. The average molecular weight is 259 g/mol. The van der Waals surface area contributed by atoms with Gasteiger partial charge in [0.2, 0.25) is 0 Å². The van der Waals surface area contributed by atoms with Gasteiger partial charge in [-0.25, -0.2) is 8.42 Å². The van der Waals surface area contributed by atoms with Crippen LogP contribution in [0.1, 0.15) is 25.5 Å². The Morgan fingerprint density at radius 1 is 1.47 bits per heavy atom. The van der Waals surface area contributed by atoms with Crippen LogP contribution in [0.2, 0.25) is 0 Å². The molecule has 1 rings (SSSR count). The zero-order valence-electron chi connectivity index (χ0n) is 10.4. The van der Waals surface area contributed by atoms with Crippen molar-refractivity contribution in [2.24, 2.45) is 0 Å². The topological polar surface area (TPSA) is 70.3 Å². The highest BCUT2D eigenvalue weighted by molar-refractivity contribution is 7.92. The molecule has 0 saturated heterocycles. The van der Waals surface area contributed by atoms with Gasteiger partial charge in [-0.1, -0.05) is 0 Å². The van der Waals surface area contributed by atoms with E-state index >= 15 is 0 Å². The van der Waals surface area contributed by atoms with Crippen LogP contribution in [-0.4, -0.2) is 26.5 Å². The third kappa shape index (κ3) is 2.76. The molecule has 96 valence electrons. The lowest BCUT2D eigenvalue weighted by molar-refractivity contribution is -0.606. The highest BCUT2D eigenvalue weighted by Gasteiger charge is 2.41. The fourth-order valence-corrected chi connectivity index (χ4v) is 2.26. The summed E-state index contributed by atoms with van der Waals surface area (Å²) in [5.74, 6) is 0. The van der Waals surface area contributed by atoms with Crippen molar-refractivity contribution >= 4 is 9.84 Å². The highest BCUT2D eigenvalue weighted by Crippen LogP contribution is 2.34. The molecule has 0 aliphatic heterocycles. The van der Waals surface area contributed by atoms with Crippen molar-refractivity contribution < 1.29 is 17.9 Å². The SMILES string of the molecule is COC(c1ccc[n+]([O-])c1)C(C)(C)S(C)(=O)=O. The molecule has 0 aliphatic rings. The predicted octanol–water partition coefficient (Wildman–Crippen LogP) is 0.831. The van der Waals surface area contributed by atoms with Crippen LogP contribution in [0.4, 0.5) is 0 Å². The van der Waals surface area contributed by atoms with Gasteiger partial charge in [0.05, 0.1) is 4.75 Å². The van der Waals surface area contributed by atoms with Gasteiger partial charge in [-0.15, -0.1) is 0 Å². The van der Waals surface area contributed by atoms with Gasteiger partial charge in [0.15, 0.2) is 22.2 Å². The Kier molecular flexibility index (Phi) is 3.78. The maximum absolute atomic E-state index is 11.7. The zero-order chi connectivity index (χ0) is 13.3. The van der Waals surface area contributed by atoms with Gasteiger partial charge in [-0.2, -0.15) is 4.73 Å². The van der Waals surface area contributed by atoms with Crippen LogP contribution < -0.4 is 4.73 Å². The summed E-state index contributed by atoms with van der Waals surface area (Å²) in [6.45, 7) is 3.16. The molecule has 0 saturated carbocycles. The second-order valence-electron chi connectivity index (χ2n) is 4.49. The minimum Gasteiger partial charge on any atom is -0.619 e. The van der Waals surface area contributed by atoms with Crippen LogP contribution >= 0.6 is 0 Å². The summed E-state index contributed by atoms with van der Waals surface area (Å²) in [6, 6.07) is 3.24. The third-order valence-electron chi connectivity index (χ3n) is 2.92. The van der Waals surface area contributed by atoms with Crippen LogP contribution in [0.25, 0.3) is 0 Å². The first-order chi connectivity index (χ1) is 7.70. The normalized spacial score (nSPS) is 14.6. The first-order valence-corrected chi connectivity index (χ1v) is 7.00. The fraction of sp³-hybridized carbons (Fsp3) is 0.545. The number of hydrogen-bond acceptors (Lipinski definition) is 4. The number of nitrogens with zero attached hydrogens (tertiary/aromatic N) is 1. The lowest BCUT2D eigenvalue weighted by Crippen LogP contribution is -2.40. The Hall–Kier alpha value is -1.14. The van der Waals surface area contributed by atoms with Crippen LogP contribution in [0, 0.1) is 5.21 Å². The largest absolute Gasteiger partial charge is 0.619 e. The number of hydrogen-bond donors (Lipinski definition) is 0. The molecule has 0 amide bonds. The molecule has 0 bridgehead atoms. The second-order valence-corrected chi connectivity index (χ2v) is 7.09. The van der Waals surface area contributed by atoms with Gasteiger partial charge >= 0.3 is 0 Å². The quantitative estimate of drug-likeness (QED) is 0.593. The summed E-state index contributed by atoms with van der Waals surface area (Å²) in [7, 11) is -1.88. The Morgan fingerprint density at radius 2 is 2.06 bits per heavy atom. The van der Waals surface area contributed by atoms with Crippen LogP contribution in [0.5, 0.6) is 0 Å². The van der Waals surface area contributed by atoms with E-state index in [0.717, 1.165) is 6.26 Å². The van der Waals surface area contributed by atoms with Gasteiger partial charge < -0.3 is 9.94 Å². The van der Waals surface area contributed by atoms with Gasteiger partial charge in [-0.3, -0.25) is 0 Å². The molecular weight excluding hydrogens is 242 g/mol. The first kappa shape index (κ1) is 13.9. The average Bonchev–Trinajstić information content (AvgIpc) is 2.16. The Balaban J connectivity index is 3.26. The summed E-state index contributed by atoms with van der Waals surface area (Å²) >= 11 is 0. The van der Waals surface area contributed by atoms with Crippen LogP contribution in [0.15, 0.2) is 24.5 Å².